The van der Waals surface area contributed by atoms with E-state index < -0.39 is 0 Å². The van der Waals surface area contributed by atoms with Gasteiger partial charge in [-0.15, -0.1) is 10.2 Å². The molecular formula is C19H33N5O2S. The molecular weight excluding hydrogens is 362 g/mol. The first-order valence-electron chi connectivity index (χ1n) is 10.3. The van der Waals surface area contributed by atoms with Crippen molar-refractivity contribution in [1.29, 1.82) is 0 Å². The first-order chi connectivity index (χ1) is 13.1. The summed E-state index contributed by atoms with van der Waals surface area (Å²) in [6, 6.07) is 0. The average molecular weight is 396 g/mol. The highest BCUT2D eigenvalue weighted by Crippen LogP contribution is 2.28. The average Bonchev–Trinajstić information content (AvgIpc) is 2.87. The number of carbonyl (C=O) groups is 1. The monoisotopic (exact) mass is 395 g/mol. The molecule has 7 nitrogen and oxygen atoms in total. The van der Waals surface area contributed by atoms with Crippen molar-refractivity contribution in [3.05, 3.63) is 0 Å². The summed E-state index contributed by atoms with van der Waals surface area (Å²) in [5.41, 5.74) is 0. The Bertz CT molecular complexity index is 607. The summed E-state index contributed by atoms with van der Waals surface area (Å²) in [6.45, 7) is 12.1. The summed E-state index contributed by atoms with van der Waals surface area (Å²) in [4.78, 5) is 17.2. The van der Waals surface area contributed by atoms with Crippen LogP contribution in [0.5, 0.6) is 0 Å². The predicted molar refractivity (Wildman–Crippen MR) is 108 cm³/mol. The molecule has 1 atom stereocenters. The molecule has 152 valence electrons. The van der Waals surface area contributed by atoms with E-state index in [0.29, 0.717) is 5.92 Å². The Balaban J connectivity index is 1.72. The molecule has 1 aromatic rings. The van der Waals surface area contributed by atoms with Gasteiger partial charge in [-0.2, -0.15) is 0 Å². The van der Waals surface area contributed by atoms with Crippen LogP contribution in [-0.2, 0) is 16.1 Å². The number of carbonyl (C=O) groups excluding carboxylic acids is 1. The summed E-state index contributed by atoms with van der Waals surface area (Å²) in [6.07, 6.45) is 4.70. The number of hydrogen-bond acceptors (Lipinski definition) is 6. The summed E-state index contributed by atoms with van der Waals surface area (Å²) < 4.78 is 7.66. The molecule has 0 aromatic carbocycles. The largest absolute Gasteiger partial charge is 0.378 e. The fourth-order valence-electron chi connectivity index (χ4n) is 3.65. The van der Waals surface area contributed by atoms with Gasteiger partial charge < -0.3 is 14.5 Å². The SMILES string of the molecule is CC(C)Cn1c(SC(C)C(=O)N2CCCCCC2)nnc1N1CCOCC1. The van der Waals surface area contributed by atoms with Gasteiger partial charge in [-0.1, -0.05) is 38.5 Å². The van der Waals surface area contributed by atoms with Crippen molar-refractivity contribution in [2.75, 3.05) is 44.3 Å². The molecule has 0 spiro atoms. The van der Waals surface area contributed by atoms with Crippen molar-refractivity contribution in [3.8, 4) is 0 Å². The van der Waals surface area contributed by atoms with Gasteiger partial charge in [0.2, 0.25) is 11.9 Å². The Morgan fingerprint density at radius 3 is 2.33 bits per heavy atom. The maximum absolute atomic E-state index is 12.9. The first-order valence-corrected chi connectivity index (χ1v) is 11.2. The minimum atomic E-state index is -0.143. The van der Waals surface area contributed by atoms with Crippen LogP contribution in [-0.4, -0.2) is 70.2 Å². The van der Waals surface area contributed by atoms with Gasteiger partial charge in [-0.25, -0.2) is 0 Å². The molecule has 2 aliphatic rings. The van der Waals surface area contributed by atoms with Crippen molar-refractivity contribution >= 4 is 23.6 Å². The van der Waals surface area contributed by atoms with Gasteiger partial charge in [0.25, 0.3) is 0 Å². The van der Waals surface area contributed by atoms with Gasteiger partial charge >= 0.3 is 0 Å². The highest BCUT2D eigenvalue weighted by atomic mass is 32.2. The molecule has 0 saturated carbocycles. The lowest BCUT2D eigenvalue weighted by Crippen LogP contribution is -2.38. The van der Waals surface area contributed by atoms with E-state index >= 15 is 0 Å². The lowest BCUT2D eigenvalue weighted by Gasteiger charge is -2.28. The quantitative estimate of drug-likeness (QED) is 0.690. The van der Waals surface area contributed by atoms with Gasteiger partial charge in [0, 0.05) is 32.7 Å². The molecule has 0 aliphatic carbocycles. The van der Waals surface area contributed by atoms with Crippen LogP contribution in [0, 0.1) is 5.92 Å². The number of morpholine rings is 1. The molecule has 3 rings (SSSR count). The predicted octanol–water partition coefficient (Wildman–Crippen LogP) is 2.65. The van der Waals surface area contributed by atoms with E-state index in [2.05, 4.69) is 33.5 Å². The number of anilines is 1. The first kappa shape index (κ1) is 20.5. The van der Waals surface area contributed by atoms with E-state index in [1.807, 2.05) is 11.8 Å². The molecule has 8 heteroatoms. The maximum Gasteiger partial charge on any atom is 0.235 e. The van der Waals surface area contributed by atoms with Crippen LogP contribution in [0.25, 0.3) is 0 Å². The number of ether oxygens (including phenoxy) is 1. The zero-order chi connectivity index (χ0) is 19.2. The molecule has 2 fully saturated rings. The summed E-state index contributed by atoms with van der Waals surface area (Å²) in [5.74, 6) is 1.62. The number of thioether (sulfide) groups is 1. The van der Waals surface area contributed by atoms with Gasteiger partial charge in [-0.3, -0.25) is 9.36 Å². The maximum atomic E-state index is 12.9. The minimum Gasteiger partial charge on any atom is -0.378 e. The van der Waals surface area contributed by atoms with Gasteiger partial charge in [-0.05, 0) is 25.7 Å². The van der Waals surface area contributed by atoms with E-state index in [-0.39, 0.29) is 11.2 Å². The Kier molecular flexibility index (Phi) is 7.41. The van der Waals surface area contributed by atoms with Crippen LogP contribution < -0.4 is 4.90 Å². The molecule has 0 radical (unpaired) electrons. The number of likely N-dealkylation sites (tertiary alicyclic amines) is 1. The standard InChI is InChI=1S/C19H33N5O2S/c1-15(2)14-24-18(23-10-12-26-13-11-23)20-21-19(24)27-16(3)17(25)22-8-6-4-5-7-9-22/h15-16H,4-14H2,1-3H3. The van der Waals surface area contributed by atoms with Crippen LogP contribution in [0.3, 0.4) is 0 Å². The van der Waals surface area contributed by atoms with E-state index in [0.717, 1.165) is 69.9 Å². The lowest BCUT2D eigenvalue weighted by molar-refractivity contribution is -0.130. The summed E-state index contributed by atoms with van der Waals surface area (Å²) in [5, 5.41) is 9.63. The molecule has 0 N–H and O–H groups in total. The number of aromatic nitrogens is 3. The Morgan fingerprint density at radius 1 is 1.04 bits per heavy atom. The highest BCUT2D eigenvalue weighted by Gasteiger charge is 2.27. The summed E-state index contributed by atoms with van der Waals surface area (Å²) >= 11 is 1.55. The molecule has 1 amide bonds. The van der Waals surface area contributed by atoms with E-state index in [4.69, 9.17) is 4.74 Å². The number of rotatable bonds is 6. The van der Waals surface area contributed by atoms with E-state index in [9.17, 15) is 4.79 Å². The zero-order valence-electron chi connectivity index (χ0n) is 16.9. The second kappa shape index (κ2) is 9.78. The molecule has 2 saturated heterocycles. The van der Waals surface area contributed by atoms with Crippen LogP contribution in [0.4, 0.5) is 5.95 Å². The molecule has 27 heavy (non-hydrogen) atoms. The van der Waals surface area contributed by atoms with Crippen molar-refractivity contribution in [2.24, 2.45) is 5.92 Å². The van der Waals surface area contributed by atoms with E-state index in [1.54, 1.807) is 11.8 Å². The zero-order valence-corrected chi connectivity index (χ0v) is 17.7. The molecule has 2 aliphatic heterocycles. The van der Waals surface area contributed by atoms with Gasteiger partial charge in [0.1, 0.15) is 0 Å². The number of nitrogens with zero attached hydrogens (tertiary/aromatic N) is 5. The Morgan fingerprint density at radius 2 is 1.70 bits per heavy atom. The topological polar surface area (TPSA) is 63.5 Å². The normalized spacial score (nSPS) is 20.0. The molecule has 1 unspecified atom stereocenters. The van der Waals surface area contributed by atoms with Crippen LogP contribution >= 0.6 is 11.8 Å². The van der Waals surface area contributed by atoms with Crippen molar-refractivity contribution in [1.82, 2.24) is 19.7 Å². The molecule has 3 heterocycles. The number of hydrogen-bond donors (Lipinski definition) is 0. The smallest absolute Gasteiger partial charge is 0.235 e. The van der Waals surface area contributed by atoms with Gasteiger partial charge in [0.05, 0.1) is 18.5 Å². The van der Waals surface area contributed by atoms with Crippen LogP contribution in [0.1, 0.15) is 46.5 Å². The molecule has 1 aromatic heterocycles. The fraction of sp³-hybridized carbons (Fsp3) is 0.842. The third-order valence-corrected chi connectivity index (χ3v) is 6.15. The second-order valence-electron chi connectivity index (χ2n) is 7.89. The van der Waals surface area contributed by atoms with Crippen LogP contribution in [0.2, 0.25) is 0 Å². The van der Waals surface area contributed by atoms with Crippen LogP contribution in [0.15, 0.2) is 5.16 Å². The van der Waals surface area contributed by atoms with Crippen molar-refractivity contribution < 1.29 is 9.53 Å². The third kappa shape index (κ3) is 5.38. The fourth-order valence-corrected chi connectivity index (χ4v) is 4.58. The molecule has 0 bridgehead atoms. The van der Waals surface area contributed by atoms with Crippen molar-refractivity contribution in [3.63, 3.8) is 0 Å². The third-order valence-electron chi connectivity index (χ3n) is 5.09. The highest BCUT2D eigenvalue weighted by molar-refractivity contribution is 8.00. The second-order valence-corrected chi connectivity index (χ2v) is 9.19. The summed E-state index contributed by atoms with van der Waals surface area (Å²) in [7, 11) is 0. The Labute approximate surface area is 166 Å². The lowest BCUT2D eigenvalue weighted by atomic mass is 10.2. The van der Waals surface area contributed by atoms with E-state index in [1.165, 1.54) is 12.8 Å². The van der Waals surface area contributed by atoms with Crippen molar-refractivity contribution in [2.45, 2.75) is 63.4 Å². The minimum absolute atomic E-state index is 0.143. The number of amides is 1. The van der Waals surface area contributed by atoms with Gasteiger partial charge in [0.15, 0.2) is 5.16 Å². The Hall–Kier alpha value is -1.28.